The van der Waals surface area contributed by atoms with Crippen LogP contribution in [0.25, 0.3) is 0 Å². The van der Waals surface area contributed by atoms with E-state index in [1.807, 2.05) is 13.8 Å². The van der Waals surface area contributed by atoms with Crippen molar-refractivity contribution in [1.82, 2.24) is 15.5 Å². The molecule has 2 amide bonds. The highest BCUT2D eigenvalue weighted by atomic mass is 16.5. The molecule has 1 aliphatic rings. The Balaban J connectivity index is 2.15. The van der Waals surface area contributed by atoms with Gasteiger partial charge in [-0.2, -0.15) is 0 Å². The van der Waals surface area contributed by atoms with Crippen molar-refractivity contribution < 1.29 is 14.3 Å². The third-order valence-corrected chi connectivity index (χ3v) is 2.93. The minimum Gasteiger partial charge on any atom is -0.377 e. The number of carbonyl (C=O) groups is 2. The molecule has 1 unspecified atom stereocenters. The summed E-state index contributed by atoms with van der Waals surface area (Å²) in [5.74, 6) is -0.220. The minimum atomic E-state index is -0.134. The van der Waals surface area contributed by atoms with Crippen molar-refractivity contribution in [2.75, 3.05) is 33.3 Å². The fourth-order valence-electron chi connectivity index (χ4n) is 1.95. The van der Waals surface area contributed by atoms with E-state index in [4.69, 9.17) is 4.74 Å². The maximum absolute atomic E-state index is 11.8. The molecular formula is C13H25N3O3. The lowest BCUT2D eigenvalue weighted by Crippen LogP contribution is -2.44. The monoisotopic (exact) mass is 271 g/mol. The second kappa shape index (κ2) is 8.12. The second-order valence-electron chi connectivity index (χ2n) is 5.24. The van der Waals surface area contributed by atoms with Crippen LogP contribution in [-0.2, 0) is 14.3 Å². The molecule has 0 bridgehead atoms. The lowest BCUT2D eigenvalue weighted by atomic mass is 10.2. The zero-order valence-electron chi connectivity index (χ0n) is 12.1. The molecule has 0 aromatic heterocycles. The smallest absolute Gasteiger partial charge is 0.239 e. The molecule has 6 nitrogen and oxygen atoms in total. The summed E-state index contributed by atoms with van der Waals surface area (Å²) in [6.07, 6.45) is 2.37. The van der Waals surface area contributed by atoms with Crippen LogP contribution in [-0.4, -0.2) is 62.1 Å². The number of hydrogen-bond acceptors (Lipinski definition) is 4. The zero-order chi connectivity index (χ0) is 14.3. The zero-order valence-corrected chi connectivity index (χ0v) is 12.1. The number of carbonyl (C=O) groups excluding carboxylic acids is 2. The lowest BCUT2D eigenvalue weighted by Gasteiger charge is -2.18. The number of nitrogens with zero attached hydrogens (tertiary/aromatic N) is 1. The van der Waals surface area contributed by atoms with Gasteiger partial charge in [0.05, 0.1) is 19.2 Å². The Kier molecular flexibility index (Phi) is 6.80. The van der Waals surface area contributed by atoms with E-state index in [1.54, 1.807) is 7.05 Å². The van der Waals surface area contributed by atoms with Crippen molar-refractivity contribution in [3.63, 3.8) is 0 Å². The summed E-state index contributed by atoms with van der Waals surface area (Å²) in [6, 6.07) is 0.0913. The molecule has 0 spiro atoms. The Morgan fingerprint density at radius 1 is 1.42 bits per heavy atom. The van der Waals surface area contributed by atoms with Crippen molar-refractivity contribution in [2.24, 2.45) is 0 Å². The first kappa shape index (κ1) is 15.9. The van der Waals surface area contributed by atoms with Crippen LogP contribution in [0.1, 0.15) is 26.7 Å². The summed E-state index contributed by atoms with van der Waals surface area (Å²) < 4.78 is 5.45. The number of rotatable bonds is 7. The lowest BCUT2D eigenvalue weighted by molar-refractivity contribution is -0.134. The molecule has 6 heteroatoms. The first-order valence-corrected chi connectivity index (χ1v) is 6.84. The van der Waals surface area contributed by atoms with Crippen LogP contribution >= 0.6 is 0 Å². The summed E-state index contributed by atoms with van der Waals surface area (Å²) in [7, 11) is 1.63. The number of amides is 2. The SMILES string of the molecule is CC(C)NC(=O)CN(C)C(=O)CNCC1CCCO1. The van der Waals surface area contributed by atoms with Crippen LogP contribution in [0.2, 0.25) is 0 Å². The molecule has 0 aromatic rings. The Bertz CT molecular complexity index is 302. The van der Waals surface area contributed by atoms with Crippen LogP contribution < -0.4 is 10.6 Å². The number of nitrogens with one attached hydrogen (secondary N) is 2. The molecule has 1 rings (SSSR count). The van der Waals surface area contributed by atoms with E-state index in [9.17, 15) is 9.59 Å². The van der Waals surface area contributed by atoms with Gasteiger partial charge < -0.3 is 20.3 Å². The van der Waals surface area contributed by atoms with Crippen molar-refractivity contribution in [3.8, 4) is 0 Å². The fraction of sp³-hybridized carbons (Fsp3) is 0.846. The van der Waals surface area contributed by atoms with Gasteiger partial charge in [-0.15, -0.1) is 0 Å². The fourth-order valence-corrected chi connectivity index (χ4v) is 1.95. The average molecular weight is 271 g/mol. The number of likely N-dealkylation sites (N-methyl/N-ethyl adjacent to an activating group) is 1. The molecule has 0 aromatic carbocycles. The van der Waals surface area contributed by atoms with Gasteiger partial charge in [-0.3, -0.25) is 9.59 Å². The summed E-state index contributed by atoms with van der Waals surface area (Å²) in [5.41, 5.74) is 0. The van der Waals surface area contributed by atoms with E-state index in [0.29, 0.717) is 6.54 Å². The molecule has 19 heavy (non-hydrogen) atoms. The van der Waals surface area contributed by atoms with E-state index in [1.165, 1.54) is 4.90 Å². The van der Waals surface area contributed by atoms with E-state index in [2.05, 4.69) is 10.6 Å². The van der Waals surface area contributed by atoms with Crippen LogP contribution in [0.3, 0.4) is 0 Å². The van der Waals surface area contributed by atoms with E-state index in [0.717, 1.165) is 19.4 Å². The molecule has 110 valence electrons. The van der Waals surface area contributed by atoms with Crippen molar-refractivity contribution in [1.29, 1.82) is 0 Å². The maximum atomic E-state index is 11.8. The minimum absolute atomic E-state index is 0.0862. The standard InChI is InChI=1S/C13H25N3O3/c1-10(2)15-12(17)9-16(3)13(18)8-14-7-11-5-4-6-19-11/h10-11,14H,4-9H2,1-3H3,(H,15,17). The van der Waals surface area contributed by atoms with Gasteiger partial charge in [0.25, 0.3) is 0 Å². The normalized spacial score (nSPS) is 18.6. The van der Waals surface area contributed by atoms with Crippen LogP contribution in [0, 0.1) is 0 Å². The summed E-state index contributed by atoms with van der Waals surface area (Å²) in [4.78, 5) is 24.7. The van der Waals surface area contributed by atoms with Gasteiger partial charge in [-0.1, -0.05) is 0 Å². The van der Waals surface area contributed by atoms with Crippen LogP contribution in [0.4, 0.5) is 0 Å². The quantitative estimate of drug-likeness (QED) is 0.669. The molecule has 1 aliphatic heterocycles. The molecule has 1 atom stereocenters. The Morgan fingerprint density at radius 3 is 2.74 bits per heavy atom. The Morgan fingerprint density at radius 2 is 2.16 bits per heavy atom. The Hall–Kier alpha value is -1.14. The van der Waals surface area contributed by atoms with Crippen LogP contribution in [0.15, 0.2) is 0 Å². The van der Waals surface area contributed by atoms with Gasteiger partial charge >= 0.3 is 0 Å². The average Bonchev–Trinajstić information content (AvgIpc) is 2.80. The Labute approximate surface area is 114 Å². The predicted molar refractivity (Wildman–Crippen MR) is 72.8 cm³/mol. The summed E-state index contributed by atoms with van der Waals surface area (Å²) >= 11 is 0. The van der Waals surface area contributed by atoms with Gasteiger partial charge in [0.2, 0.25) is 11.8 Å². The van der Waals surface area contributed by atoms with Gasteiger partial charge in [-0.25, -0.2) is 0 Å². The molecule has 2 N–H and O–H groups in total. The van der Waals surface area contributed by atoms with Crippen molar-refractivity contribution >= 4 is 11.8 Å². The molecule has 1 heterocycles. The second-order valence-corrected chi connectivity index (χ2v) is 5.24. The largest absolute Gasteiger partial charge is 0.377 e. The van der Waals surface area contributed by atoms with E-state index in [-0.39, 0.29) is 37.0 Å². The molecular weight excluding hydrogens is 246 g/mol. The molecule has 1 fully saturated rings. The first-order chi connectivity index (χ1) is 8.99. The van der Waals surface area contributed by atoms with Gasteiger partial charge in [0, 0.05) is 26.2 Å². The van der Waals surface area contributed by atoms with Gasteiger partial charge in [0.15, 0.2) is 0 Å². The highest BCUT2D eigenvalue weighted by molar-refractivity contribution is 5.85. The molecule has 1 saturated heterocycles. The molecule has 0 aliphatic carbocycles. The van der Waals surface area contributed by atoms with Gasteiger partial charge in [-0.05, 0) is 26.7 Å². The highest BCUT2D eigenvalue weighted by Gasteiger charge is 2.17. The maximum Gasteiger partial charge on any atom is 0.239 e. The van der Waals surface area contributed by atoms with Crippen molar-refractivity contribution in [2.45, 2.75) is 38.8 Å². The third kappa shape index (κ3) is 6.54. The number of ether oxygens (including phenoxy) is 1. The number of hydrogen-bond donors (Lipinski definition) is 2. The predicted octanol–water partition coefficient (Wildman–Crippen LogP) is -0.262. The van der Waals surface area contributed by atoms with Gasteiger partial charge in [0.1, 0.15) is 0 Å². The third-order valence-electron chi connectivity index (χ3n) is 2.93. The van der Waals surface area contributed by atoms with Crippen molar-refractivity contribution in [3.05, 3.63) is 0 Å². The van der Waals surface area contributed by atoms with Crippen LogP contribution in [0.5, 0.6) is 0 Å². The van der Waals surface area contributed by atoms with E-state index >= 15 is 0 Å². The summed E-state index contributed by atoms with van der Waals surface area (Å²) in [6.45, 7) is 5.63. The topological polar surface area (TPSA) is 70.7 Å². The summed E-state index contributed by atoms with van der Waals surface area (Å²) in [5, 5.41) is 5.83. The first-order valence-electron chi connectivity index (χ1n) is 6.84. The highest BCUT2D eigenvalue weighted by Crippen LogP contribution is 2.10. The van der Waals surface area contributed by atoms with E-state index < -0.39 is 0 Å². The molecule has 0 radical (unpaired) electrons. The molecule has 0 saturated carbocycles.